The molecule has 19 heavy (non-hydrogen) atoms. The number of benzene rings is 2. The van der Waals surface area contributed by atoms with Gasteiger partial charge >= 0.3 is 5.97 Å². The van der Waals surface area contributed by atoms with Crippen LogP contribution in [0.25, 0.3) is 0 Å². The minimum Gasteiger partial charge on any atom is -0.478 e. The van der Waals surface area contributed by atoms with Gasteiger partial charge in [-0.15, -0.1) is 0 Å². The summed E-state index contributed by atoms with van der Waals surface area (Å²) < 4.78 is 13.4. The average molecular weight is 258 g/mol. The fourth-order valence-electron chi connectivity index (χ4n) is 1.56. The van der Waals surface area contributed by atoms with Crippen molar-refractivity contribution in [2.45, 2.75) is 0 Å². The third-order valence-corrected chi connectivity index (χ3v) is 2.43. The van der Waals surface area contributed by atoms with Crippen LogP contribution in [0.5, 0.6) is 0 Å². The van der Waals surface area contributed by atoms with E-state index in [0.717, 1.165) is 11.8 Å². The Labute approximate surface area is 109 Å². The van der Waals surface area contributed by atoms with Crippen LogP contribution in [0.15, 0.2) is 53.6 Å². The Morgan fingerprint density at radius 3 is 2.58 bits per heavy atom. The number of carboxylic acids is 1. The van der Waals surface area contributed by atoms with E-state index in [1.165, 1.54) is 18.3 Å². The van der Waals surface area contributed by atoms with Gasteiger partial charge in [-0.2, -0.15) is 5.10 Å². The highest BCUT2D eigenvalue weighted by atomic mass is 19.1. The van der Waals surface area contributed by atoms with Gasteiger partial charge in [0.05, 0.1) is 11.9 Å². The number of carboxylic acid groups (broad SMARTS) is 1. The van der Waals surface area contributed by atoms with E-state index >= 15 is 0 Å². The molecule has 5 heteroatoms. The van der Waals surface area contributed by atoms with E-state index in [2.05, 4.69) is 10.5 Å². The number of nitrogens with one attached hydrogen (secondary N) is 1. The third-order valence-electron chi connectivity index (χ3n) is 2.43. The zero-order valence-corrected chi connectivity index (χ0v) is 9.88. The van der Waals surface area contributed by atoms with Crippen LogP contribution < -0.4 is 5.43 Å². The Balaban J connectivity index is 2.20. The molecule has 0 aliphatic rings. The molecule has 2 aromatic carbocycles. The Bertz CT molecular complexity index is 612. The van der Waals surface area contributed by atoms with Crippen molar-refractivity contribution < 1.29 is 14.3 Å². The highest BCUT2D eigenvalue weighted by Crippen LogP contribution is 2.12. The van der Waals surface area contributed by atoms with Crippen molar-refractivity contribution in [1.82, 2.24) is 0 Å². The van der Waals surface area contributed by atoms with Crippen molar-refractivity contribution in [3.05, 3.63) is 65.5 Å². The van der Waals surface area contributed by atoms with Crippen LogP contribution in [0.3, 0.4) is 0 Å². The second kappa shape index (κ2) is 5.77. The van der Waals surface area contributed by atoms with Crippen LogP contribution in [0.2, 0.25) is 0 Å². The van der Waals surface area contributed by atoms with E-state index in [4.69, 9.17) is 5.11 Å². The molecule has 0 unspecified atom stereocenters. The fourth-order valence-corrected chi connectivity index (χ4v) is 1.56. The van der Waals surface area contributed by atoms with Gasteiger partial charge in [0.1, 0.15) is 11.4 Å². The molecular weight excluding hydrogens is 247 g/mol. The molecule has 0 aromatic heterocycles. The van der Waals surface area contributed by atoms with Crippen molar-refractivity contribution in [3.8, 4) is 0 Å². The summed E-state index contributed by atoms with van der Waals surface area (Å²) in [6.45, 7) is 0. The van der Waals surface area contributed by atoms with Crippen molar-refractivity contribution in [2.75, 3.05) is 5.43 Å². The summed E-state index contributed by atoms with van der Waals surface area (Å²) in [6, 6.07) is 13.2. The topological polar surface area (TPSA) is 61.7 Å². The normalized spacial score (nSPS) is 10.6. The lowest BCUT2D eigenvalue weighted by Gasteiger charge is -2.02. The molecule has 0 fully saturated rings. The number of halogens is 1. The van der Waals surface area contributed by atoms with Crippen molar-refractivity contribution in [3.63, 3.8) is 0 Å². The lowest BCUT2D eigenvalue weighted by atomic mass is 10.1. The van der Waals surface area contributed by atoms with Crippen LogP contribution >= 0.6 is 0 Å². The van der Waals surface area contributed by atoms with Gasteiger partial charge in [-0.25, -0.2) is 9.18 Å². The highest BCUT2D eigenvalue weighted by molar-refractivity contribution is 5.98. The van der Waals surface area contributed by atoms with E-state index in [1.807, 2.05) is 18.2 Å². The minimum atomic E-state index is -1.32. The molecule has 0 aliphatic heterocycles. The third kappa shape index (κ3) is 3.16. The number of rotatable bonds is 4. The minimum absolute atomic E-state index is 0.205. The molecule has 0 aliphatic carbocycles. The summed E-state index contributed by atoms with van der Waals surface area (Å²) in [4.78, 5) is 11.0. The first-order valence-electron chi connectivity index (χ1n) is 5.54. The lowest BCUT2D eigenvalue weighted by molar-refractivity contribution is 0.0692. The summed E-state index contributed by atoms with van der Waals surface area (Å²) >= 11 is 0. The Hall–Kier alpha value is -2.69. The zero-order chi connectivity index (χ0) is 13.7. The van der Waals surface area contributed by atoms with Crippen LogP contribution in [-0.4, -0.2) is 17.3 Å². The van der Waals surface area contributed by atoms with Crippen LogP contribution in [0.4, 0.5) is 10.1 Å². The Kier molecular flexibility index (Phi) is 3.87. The molecule has 0 radical (unpaired) electrons. The van der Waals surface area contributed by atoms with Gasteiger partial charge in [-0.3, -0.25) is 5.43 Å². The number of para-hydroxylation sites is 1. The molecule has 2 N–H and O–H groups in total. The number of hydrogen-bond donors (Lipinski definition) is 2. The van der Waals surface area contributed by atoms with Crippen LogP contribution in [0, 0.1) is 5.82 Å². The van der Waals surface area contributed by atoms with E-state index < -0.39 is 11.8 Å². The van der Waals surface area contributed by atoms with Gasteiger partial charge in [0.25, 0.3) is 0 Å². The predicted molar refractivity (Wildman–Crippen MR) is 71.0 cm³/mol. The first-order chi connectivity index (χ1) is 9.18. The van der Waals surface area contributed by atoms with Crippen molar-refractivity contribution in [1.29, 1.82) is 0 Å². The maximum atomic E-state index is 13.4. The Morgan fingerprint density at radius 2 is 1.89 bits per heavy atom. The average Bonchev–Trinajstić information content (AvgIpc) is 2.39. The molecule has 96 valence electrons. The number of nitrogens with zero attached hydrogens (tertiary/aromatic N) is 1. The summed E-state index contributed by atoms with van der Waals surface area (Å²) in [5, 5.41) is 12.8. The molecule has 0 atom stereocenters. The number of aromatic carboxylic acids is 1. The second-order valence-electron chi connectivity index (χ2n) is 3.75. The highest BCUT2D eigenvalue weighted by Gasteiger charge is 2.13. The number of carbonyl (C=O) groups is 1. The molecule has 0 bridgehead atoms. The number of anilines is 1. The summed E-state index contributed by atoms with van der Waals surface area (Å²) in [5.41, 5.74) is 3.31. The number of hydrazone groups is 1. The first-order valence-corrected chi connectivity index (χ1v) is 5.54. The standard InChI is InChI=1S/C14H11FN2O2/c15-12-8-4-5-10(13(12)14(18)19)9-16-17-11-6-2-1-3-7-11/h1-9,17H,(H,18,19). The zero-order valence-electron chi connectivity index (χ0n) is 9.88. The molecule has 4 nitrogen and oxygen atoms in total. The maximum absolute atomic E-state index is 13.4. The maximum Gasteiger partial charge on any atom is 0.339 e. The van der Waals surface area contributed by atoms with Crippen molar-refractivity contribution in [2.24, 2.45) is 5.10 Å². The van der Waals surface area contributed by atoms with Gasteiger partial charge in [0.2, 0.25) is 0 Å². The molecule has 2 aromatic rings. The molecule has 0 saturated carbocycles. The molecule has 0 saturated heterocycles. The number of hydrogen-bond acceptors (Lipinski definition) is 3. The van der Waals surface area contributed by atoms with Gasteiger partial charge in [0, 0.05) is 5.56 Å². The second-order valence-corrected chi connectivity index (χ2v) is 3.75. The van der Waals surface area contributed by atoms with Gasteiger partial charge < -0.3 is 5.11 Å². The molecular formula is C14H11FN2O2. The van der Waals surface area contributed by atoms with Gasteiger partial charge in [-0.1, -0.05) is 30.3 Å². The van der Waals surface area contributed by atoms with E-state index in [0.29, 0.717) is 0 Å². The van der Waals surface area contributed by atoms with Crippen LogP contribution in [-0.2, 0) is 0 Å². The summed E-state index contributed by atoms with van der Waals surface area (Å²) in [6.07, 6.45) is 1.28. The molecule has 0 spiro atoms. The quantitative estimate of drug-likeness (QED) is 0.654. The fraction of sp³-hybridized carbons (Fsp3) is 0. The van der Waals surface area contributed by atoms with Crippen molar-refractivity contribution >= 4 is 17.9 Å². The Morgan fingerprint density at radius 1 is 1.16 bits per heavy atom. The monoisotopic (exact) mass is 258 g/mol. The van der Waals surface area contributed by atoms with E-state index in [-0.39, 0.29) is 11.1 Å². The molecule has 2 rings (SSSR count). The summed E-state index contributed by atoms with van der Waals surface area (Å²) in [5.74, 6) is -2.10. The predicted octanol–water partition coefficient (Wildman–Crippen LogP) is 2.97. The SMILES string of the molecule is O=C(O)c1c(F)cccc1C=NNc1ccccc1. The smallest absolute Gasteiger partial charge is 0.339 e. The molecule has 0 heterocycles. The summed E-state index contributed by atoms with van der Waals surface area (Å²) in [7, 11) is 0. The van der Waals surface area contributed by atoms with Crippen LogP contribution in [0.1, 0.15) is 15.9 Å². The largest absolute Gasteiger partial charge is 0.478 e. The van der Waals surface area contributed by atoms with Gasteiger partial charge in [-0.05, 0) is 18.2 Å². The van der Waals surface area contributed by atoms with E-state index in [1.54, 1.807) is 12.1 Å². The molecule has 0 amide bonds. The first kappa shape index (κ1) is 12.8. The lowest BCUT2D eigenvalue weighted by Crippen LogP contribution is -2.06. The van der Waals surface area contributed by atoms with E-state index in [9.17, 15) is 9.18 Å². The van der Waals surface area contributed by atoms with Gasteiger partial charge in [0.15, 0.2) is 0 Å².